The molecule has 1 unspecified atom stereocenters. The Morgan fingerprint density at radius 1 is 1.38 bits per heavy atom. The van der Waals surface area contributed by atoms with Crippen LogP contribution in [0.4, 0.5) is 5.69 Å². The number of hydrogen-bond donors (Lipinski definition) is 2. The van der Waals surface area contributed by atoms with Crippen molar-refractivity contribution in [2.24, 2.45) is 0 Å². The third kappa shape index (κ3) is 2.89. The normalized spacial score (nSPS) is 23.0. The maximum absolute atomic E-state index is 12.8. The van der Waals surface area contributed by atoms with Crippen LogP contribution in [-0.2, 0) is 9.53 Å². The molecular formula is C17H23N5O2. The van der Waals surface area contributed by atoms with Gasteiger partial charge in [-0.3, -0.25) is 14.8 Å². The number of nitrogens with one attached hydrogen (secondary N) is 2. The fraction of sp³-hybridized carbons (Fsp3) is 0.588. The van der Waals surface area contributed by atoms with E-state index in [0.717, 1.165) is 62.2 Å². The number of carbonyl (C=O) groups excluding carboxylic acids is 1. The van der Waals surface area contributed by atoms with Gasteiger partial charge in [0.25, 0.3) is 0 Å². The first kappa shape index (κ1) is 15.5. The van der Waals surface area contributed by atoms with Gasteiger partial charge in [0.1, 0.15) is 0 Å². The van der Waals surface area contributed by atoms with Gasteiger partial charge >= 0.3 is 0 Å². The van der Waals surface area contributed by atoms with Crippen LogP contribution in [0.5, 0.6) is 0 Å². The van der Waals surface area contributed by atoms with Gasteiger partial charge in [-0.2, -0.15) is 5.10 Å². The van der Waals surface area contributed by atoms with E-state index >= 15 is 0 Å². The van der Waals surface area contributed by atoms with E-state index in [1.807, 2.05) is 13.0 Å². The number of aromatic amines is 1. The molecule has 7 nitrogen and oxygen atoms in total. The average molecular weight is 329 g/mol. The molecule has 2 aromatic heterocycles. The lowest BCUT2D eigenvalue weighted by Crippen LogP contribution is -2.47. The predicted molar refractivity (Wildman–Crippen MR) is 90.8 cm³/mol. The van der Waals surface area contributed by atoms with Gasteiger partial charge in [0.15, 0.2) is 5.65 Å². The van der Waals surface area contributed by atoms with Crippen LogP contribution in [0.2, 0.25) is 0 Å². The lowest BCUT2D eigenvalue weighted by molar-refractivity contribution is -0.121. The number of carbonyl (C=O) groups is 1. The largest absolute Gasteiger partial charge is 0.381 e. The second-order valence-electron chi connectivity index (χ2n) is 6.67. The summed E-state index contributed by atoms with van der Waals surface area (Å²) >= 11 is 0. The molecule has 4 rings (SSSR count). The molecule has 0 bridgehead atoms. The van der Waals surface area contributed by atoms with E-state index < -0.39 is 0 Å². The molecule has 2 saturated heterocycles. The minimum atomic E-state index is -0.0470. The number of likely N-dealkylation sites (tertiary alicyclic amines) is 1. The zero-order valence-corrected chi connectivity index (χ0v) is 13.9. The second-order valence-corrected chi connectivity index (χ2v) is 6.67. The summed E-state index contributed by atoms with van der Waals surface area (Å²) in [6.07, 6.45) is 5.71. The van der Waals surface area contributed by atoms with Crippen molar-refractivity contribution < 1.29 is 9.53 Å². The number of fused-ring (bicyclic) bond motifs is 1. The van der Waals surface area contributed by atoms with E-state index in [1.165, 1.54) is 0 Å². The van der Waals surface area contributed by atoms with Crippen molar-refractivity contribution >= 4 is 22.6 Å². The highest BCUT2D eigenvalue weighted by Gasteiger charge is 2.36. The summed E-state index contributed by atoms with van der Waals surface area (Å²) in [4.78, 5) is 19.5. The zero-order valence-electron chi connectivity index (χ0n) is 13.9. The molecule has 7 heteroatoms. The summed E-state index contributed by atoms with van der Waals surface area (Å²) in [5, 5.41) is 11.0. The minimum absolute atomic E-state index is 0.0470. The minimum Gasteiger partial charge on any atom is -0.381 e. The number of hydrogen-bond acceptors (Lipinski definition) is 5. The molecule has 2 N–H and O–H groups in total. The summed E-state index contributed by atoms with van der Waals surface area (Å²) in [6, 6.07) is 2.36. The van der Waals surface area contributed by atoms with Crippen molar-refractivity contribution in [2.45, 2.75) is 44.7 Å². The van der Waals surface area contributed by atoms with Crippen molar-refractivity contribution in [1.82, 2.24) is 20.1 Å². The van der Waals surface area contributed by atoms with Crippen LogP contribution >= 0.6 is 0 Å². The van der Waals surface area contributed by atoms with Crippen molar-refractivity contribution in [3.63, 3.8) is 0 Å². The number of H-pyrrole nitrogens is 1. The van der Waals surface area contributed by atoms with E-state index in [4.69, 9.17) is 4.74 Å². The maximum Gasteiger partial charge on any atom is 0.241 e. The Kier molecular flexibility index (Phi) is 4.20. The molecule has 1 amide bonds. The highest BCUT2D eigenvalue weighted by Crippen LogP contribution is 2.26. The Hall–Kier alpha value is -1.99. The molecular weight excluding hydrogens is 306 g/mol. The Morgan fingerprint density at radius 3 is 3.04 bits per heavy atom. The topological polar surface area (TPSA) is 83.1 Å². The number of pyridine rings is 1. The third-order valence-corrected chi connectivity index (χ3v) is 5.12. The molecule has 4 heterocycles. The molecule has 0 aliphatic carbocycles. The second kappa shape index (κ2) is 6.49. The van der Waals surface area contributed by atoms with Gasteiger partial charge in [-0.1, -0.05) is 0 Å². The number of aryl methyl sites for hydroxylation is 1. The first-order chi connectivity index (χ1) is 11.7. The summed E-state index contributed by atoms with van der Waals surface area (Å²) in [5.74, 6) is 0.0706. The number of amides is 1. The van der Waals surface area contributed by atoms with Gasteiger partial charge in [0.2, 0.25) is 5.91 Å². The number of anilines is 1. The first-order valence-corrected chi connectivity index (χ1v) is 8.67. The molecule has 128 valence electrons. The van der Waals surface area contributed by atoms with Crippen LogP contribution in [0, 0.1) is 6.92 Å². The van der Waals surface area contributed by atoms with Crippen LogP contribution in [0.3, 0.4) is 0 Å². The molecule has 2 aromatic rings. The number of ether oxygens (including phenoxy) is 1. The van der Waals surface area contributed by atoms with Gasteiger partial charge in [-0.25, -0.2) is 4.98 Å². The molecule has 0 spiro atoms. The fourth-order valence-corrected chi connectivity index (χ4v) is 3.84. The summed E-state index contributed by atoms with van der Waals surface area (Å²) in [5.41, 5.74) is 2.37. The molecule has 2 aliphatic rings. The molecule has 2 aliphatic heterocycles. The lowest BCUT2D eigenvalue weighted by Gasteiger charge is -2.34. The van der Waals surface area contributed by atoms with E-state index in [0.29, 0.717) is 11.7 Å². The van der Waals surface area contributed by atoms with Crippen LogP contribution < -0.4 is 5.32 Å². The van der Waals surface area contributed by atoms with Gasteiger partial charge in [0, 0.05) is 30.3 Å². The van der Waals surface area contributed by atoms with Gasteiger partial charge < -0.3 is 10.1 Å². The zero-order chi connectivity index (χ0) is 16.5. The Morgan fingerprint density at radius 2 is 2.21 bits per heavy atom. The average Bonchev–Trinajstić information content (AvgIpc) is 3.23. The van der Waals surface area contributed by atoms with Crippen molar-refractivity contribution in [1.29, 1.82) is 0 Å². The Labute approximate surface area is 140 Å². The van der Waals surface area contributed by atoms with E-state index in [1.54, 1.807) is 6.20 Å². The molecule has 0 aromatic carbocycles. The van der Waals surface area contributed by atoms with Gasteiger partial charge in [-0.05, 0) is 45.2 Å². The SMILES string of the molecule is Cc1[nH]nc2ncc(NC(=O)C3CCCN3C3CCOCC3)cc12. The standard InChI is InChI=1S/C17H23N5O2/c1-11-14-9-12(10-18-16(14)21-20-11)19-17(23)15-3-2-6-22(15)13-4-7-24-8-5-13/h9-10,13,15H,2-8H2,1H3,(H,19,23)(H,18,20,21). The molecule has 2 fully saturated rings. The summed E-state index contributed by atoms with van der Waals surface area (Å²) < 4.78 is 5.45. The Balaban J connectivity index is 1.48. The molecule has 24 heavy (non-hydrogen) atoms. The predicted octanol–water partition coefficient (Wildman–Crippen LogP) is 1.85. The maximum atomic E-state index is 12.8. The monoisotopic (exact) mass is 329 g/mol. The van der Waals surface area contributed by atoms with Crippen LogP contribution in [0.1, 0.15) is 31.4 Å². The Bertz CT molecular complexity index is 738. The number of rotatable bonds is 3. The highest BCUT2D eigenvalue weighted by atomic mass is 16.5. The van der Waals surface area contributed by atoms with E-state index in [9.17, 15) is 4.79 Å². The molecule has 0 radical (unpaired) electrons. The number of aromatic nitrogens is 3. The third-order valence-electron chi connectivity index (χ3n) is 5.12. The smallest absolute Gasteiger partial charge is 0.241 e. The van der Waals surface area contributed by atoms with Crippen molar-refractivity contribution in [2.75, 3.05) is 25.1 Å². The summed E-state index contributed by atoms with van der Waals surface area (Å²) in [7, 11) is 0. The number of nitrogens with zero attached hydrogens (tertiary/aromatic N) is 3. The van der Waals surface area contributed by atoms with Crippen molar-refractivity contribution in [3.05, 3.63) is 18.0 Å². The van der Waals surface area contributed by atoms with Gasteiger partial charge in [-0.15, -0.1) is 0 Å². The van der Waals surface area contributed by atoms with Crippen LogP contribution in [0.25, 0.3) is 11.0 Å². The van der Waals surface area contributed by atoms with Gasteiger partial charge in [0.05, 0.1) is 17.9 Å². The van der Waals surface area contributed by atoms with E-state index in [-0.39, 0.29) is 11.9 Å². The molecule has 1 atom stereocenters. The van der Waals surface area contributed by atoms with E-state index in [2.05, 4.69) is 25.4 Å². The highest BCUT2D eigenvalue weighted by molar-refractivity contribution is 5.96. The first-order valence-electron chi connectivity index (χ1n) is 8.67. The van der Waals surface area contributed by atoms with Crippen LogP contribution in [0.15, 0.2) is 12.3 Å². The fourth-order valence-electron chi connectivity index (χ4n) is 3.84. The lowest BCUT2D eigenvalue weighted by atomic mass is 10.1. The van der Waals surface area contributed by atoms with Crippen LogP contribution in [-0.4, -0.2) is 57.8 Å². The molecule has 0 saturated carbocycles. The summed E-state index contributed by atoms with van der Waals surface area (Å²) in [6.45, 7) is 4.55. The quantitative estimate of drug-likeness (QED) is 0.898. The van der Waals surface area contributed by atoms with Crippen molar-refractivity contribution in [3.8, 4) is 0 Å².